The quantitative estimate of drug-likeness (QED) is 0.0280. The number of unbranched alkanes of at least 4 members (excludes halogenated alkanes) is 34. The van der Waals surface area contributed by atoms with E-state index in [1.165, 1.54) is 212 Å². The topological polar surface area (TPSA) is 89.8 Å². The first-order chi connectivity index (χ1) is 28.0. The van der Waals surface area contributed by atoms with Crippen molar-refractivity contribution in [2.75, 3.05) is 6.61 Å². The standard InChI is InChI=1S/C52H99NO4/c1-3-5-7-9-11-13-15-17-19-21-22-23-24-25-26-27-28-30-32-34-36-38-40-42-44-46-51(56)50(48-54)53-52(57)47-49(55)45-43-41-39-37-35-33-31-29-20-18-16-14-12-10-8-6-4-2/h12,14,16,18,44,46,49-51,54-56H,3-11,13,15,17,19-43,45,47-48H2,1-2H3,(H,53,57)/b14-12-,18-16-,46-44+. The third-order valence-corrected chi connectivity index (χ3v) is 11.7. The fraction of sp³-hybridized carbons (Fsp3) is 0.865. The molecule has 0 aromatic rings. The highest BCUT2D eigenvalue weighted by molar-refractivity contribution is 5.76. The maximum Gasteiger partial charge on any atom is 0.222 e. The van der Waals surface area contributed by atoms with Gasteiger partial charge in [0.15, 0.2) is 0 Å². The van der Waals surface area contributed by atoms with Gasteiger partial charge in [-0.3, -0.25) is 4.79 Å². The van der Waals surface area contributed by atoms with Crippen molar-refractivity contribution in [3.05, 3.63) is 36.5 Å². The Labute approximate surface area is 355 Å². The number of carbonyl (C=O) groups is 1. The van der Waals surface area contributed by atoms with Crippen LogP contribution in [0.3, 0.4) is 0 Å². The number of allylic oxidation sites excluding steroid dienone is 5. The summed E-state index contributed by atoms with van der Waals surface area (Å²) >= 11 is 0. The van der Waals surface area contributed by atoms with Gasteiger partial charge in [-0.25, -0.2) is 0 Å². The van der Waals surface area contributed by atoms with Crippen LogP contribution in [-0.2, 0) is 4.79 Å². The van der Waals surface area contributed by atoms with Gasteiger partial charge >= 0.3 is 0 Å². The van der Waals surface area contributed by atoms with Crippen LogP contribution in [0, 0.1) is 0 Å². The number of aliphatic hydroxyl groups is 3. The SMILES string of the molecule is CCCCC/C=C\C=C/CCCCCCCCCCC(O)CC(=O)NC(CO)C(O)/C=C/CCCCCCCCCCCCCCCCCCCCCCCCC. The second kappa shape index (κ2) is 47.3. The molecule has 0 aliphatic rings. The van der Waals surface area contributed by atoms with Crippen LogP contribution in [0.5, 0.6) is 0 Å². The van der Waals surface area contributed by atoms with Crippen molar-refractivity contribution >= 4 is 5.91 Å². The Kier molecular flexibility index (Phi) is 46.1. The van der Waals surface area contributed by atoms with Crippen molar-refractivity contribution in [2.45, 2.75) is 283 Å². The van der Waals surface area contributed by atoms with Crippen molar-refractivity contribution in [3.63, 3.8) is 0 Å². The number of rotatable bonds is 46. The summed E-state index contributed by atoms with van der Waals surface area (Å²) in [4.78, 5) is 12.5. The molecule has 0 aliphatic heterocycles. The van der Waals surface area contributed by atoms with Gasteiger partial charge in [0.25, 0.3) is 0 Å². The van der Waals surface area contributed by atoms with Crippen molar-refractivity contribution in [3.8, 4) is 0 Å². The molecule has 0 aromatic heterocycles. The van der Waals surface area contributed by atoms with Crippen molar-refractivity contribution in [1.29, 1.82) is 0 Å². The van der Waals surface area contributed by atoms with Crippen molar-refractivity contribution < 1.29 is 20.1 Å². The van der Waals surface area contributed by atoms with E-state index in [0.29, 0.717) is 6.42 Å². The number of nitrogens with one attached hydrogen (secondary N) is 1. The summed E-state index contributed by atoms with van der Waals surface area (Å²) in [6, 6.07) is -0.747. The summed E-state index contributed by atoms with van der Waals surface area (Å²) in [5.41, 5.74) is 0. The number of aliphatic hydroxyl groups excluding tert-OH is 3. The van der Waals surface area contributed by atoms with Gasteiger partial charge in [0, 0.05) is 0 Å². The molecule has 0 radical (unpaired) electrons. The van der Waals surface area contributed by atoms with Crippen LogP contribution in [0.15, 0.2) is 36.5 Å². The minimum Gasteiger partial charge on any atom is -0.394 e. The minimum atomic E-state index is -0.931. The summed E-state index contributed by atoms with van der Waals surface area (Å²) < 4.78 is 0. The van der Waals surface area contributed by atoms with Gasteiger partial charge in [-0.05, 0) is 44.9 Å². The number of carbonyl (C=O) groups excluding carboxylic acids is 1. The summed E-state index contributed by atoms with van der Waals surface area (Å²) in [7, 11) is 0. The highest BCUT2D eigenvalue weighted by Crippen LogP contribution is 2.17. The molecule has 1 amide bonds. The summed E-state index contributed by atoms with van der Waals surface area (Å²) in [6.45, 7) is 4.20. The summed E-state index contributed by atoms with van der Waals surface area (Å²) in [6.07, 6.45) is 60.2. The van der Waals surface area contributed by atoms with Crippen molar-refractivity contribution in [1.82, 2.24) is 5.32 Å². The Balaban J connectivity index is 3.60. The molecule has 336 valence electrons. The average Bonchev–Trinajstić information content (AvgIpc) is 3.20. The molecule has 0 spiro atoms. The molecule has 0 saturated carbocycles. The Morgan fingerprint density at radius 1 is 0.456 bits per heavy atom. The Hall–Kier alpha value is -1.43. The van der Waals surface area contributed by atoms with Crippen LogP contribution in [-0.4, -0.2) is 46.1 Å². The molecule has 0 aromatic carbocycles. The third kappa shape index (κ3) is 44.0. The van der Waals surface area contributed by atoms with E-state index in [1.807, 2.05) is 6.08 Å². The zero-order chi connectivity index (χ0) is 41.5. The van der Waals surface area contributed by atoms with Crippen LogP contribution >= 0.6 is 0 Å². The van der Waals surface area contributed by atoms with Gasteiger partial charge in [0.1, 0.15) is 0 Å². The normalized spacial score (nSPS) is 13.7. The zero-order valence-electron chi connectivity index (χ0n) is 38.2. The van der Waals surface area contributed by atoms with E-state index in [-0.39, 0.29) is 18.9 Å². The van der Waals surface area contributed by atoms with E-state index < -0.39 is 18.2 Å². The van der Waals surface area contributed by atoms with E-state index in [0.717, 1.165) is 25.7 Å². The zero-order valence-corrected chi connectivity index (χ0v) is 38.2. The highest BCUT2D eigenvalue weighted by Gasteiger charge is 2.20. The van der Waals surface area contributed by atoms with E-state index in [2.05, 4.69) is 43.5 Å². The van der Waals surface area contributed by atoms with Crippen LogP contribution in [0.1, 0.15) is 264 Å². The molecule has 3 atom stereocenters. The van der Waals surface area contributed by atoms with Crippen LogP contribution in [0.2, 0.25) is 0 Å². The smallest absolute Gasteiger partial charge is 0.222 e. The second-order valence-electron chi connectivity index (χ2n) is 17.5. The van der Waals surface area contributed by atoms with Gasteiger partial charge in [-0.1, -0.05) is 249 Å². The molecule has 5 nitrogen and oxygen atoms in total. The summed E-state index contributed by atoms with van der Waals surface area (Å²) in [5.74, 6) is -0.318. The largest absolute Gasteiger partial charge is 0.394 e. The molecule has 0 rings (SSSR count). The van der Waals surface area contributed by atoms with E-state index in [4.69, 9.17) is 0 Å². The van der Waals surface area contributed by atoms with E-state index >= 15 is 0 Å². The Morgan fingerprint density at radius 3 is 1.16 bits per heavy atom. The molecule has 0 saturated heterocycles. The van der Waals surface area contributed by atoms with Gasteiger partial charge in [-0.2, -0.15) is 0 Å². The predicted octanol–water partition coefficient (Wildman–Crippen LogP) is 15.1. The number of hydrogen-bond donors (Lipinski definition) is 4. The van der Waals surface area contributed by atoms with Crippen LogP contribution in [0.25, 0.3) is 0 Å². The van der Waals surface area contributed by atoms with E-state index in [1.54, 1.807) is 6.08 Å². The lowest BCUT2D eigenvalue weighted by atomic mass is 10.0. The third-order valence-electron chi connectivity index (χ3n) is 11.7. The lowest BCUT2D eigenvalue weighted by Crippen LogP contribution is -2.45. The van der Waals surface area contributed by atoms with Gasteiger partial charge in [0.2, 0.25) is 5.91 Å². The molecule has 57 heavy (non-hydrogen) atoms. The predicted molar refractivity (Wildman–Crippen MR) is 250 cm³/mol. The van der Waals surface area contributed by atoms with Crippen LogP contribution < -0.4 is 5.32 Å². The lowest BCUT2D eigenvalue weighted by Gasteiger charge is -2.21. The minimum absolute atomic E-state index is 0.00946. The van der Waals surface area contributed by atoms with Crippen LogP contribution in [0.4, 0.5) is 0 Å². The summed E-state index contributed by atoms with van der Waals surface area (Å²) in [5, 5.41) is 33.4. The fourth-order valence-corrected chi connectivity index (χ4v) is 7.80. The number of hydrogen-bond acceptors (Lipinski definition) is 4. The van der Waals surface area contributed by atoms with E-state index in [9.17, 15) is 20.1 Å². The Morgan fingerprint density at radius 2 is 0.772 bits per heavy atom. The first kappa shape index (κ1) is 55.6. The fourth-order valence-electron chi connectivity index (χ4n) is 7.80. The average molecular weight is 802 g/mol. The van der Waals surface area contributed by atoms with Gasteiger partial charge < -0.3 is 20.6 Å². The molecule has 0 aliphatic carbocycles. The molecule has 3 unspecified atom stereocenters. The Bertz CT molecular complexity index is 885. The van der Waals surface area contributed by atoms with Gasteiger partial charge in [-0.15, -0.1) is 0 Å². The second-order valence-corrected chi connectivity index (χ2v) is 17.5. The molecule has 5 heteroatoms. The molecule has 0 fully saturated rings. The van der Waals surface area contributed by atoms with Gasteiger partial charge in [0.05, 0.1) is 31.3 Å². The lowest BCUT2D eigenvalue weighted by molar-refractivity contribution is -0.124. The highest BCUT2D eigenvalue weighted by atomic mass is 16.3. The number of amides is 1. The molecular formula is C52H99NO4. The molecule has 0 bridgehead atoms. The first-order valence-corrected chi connectivity index (χ1v) is 25.3. The molecular weight excluding hydrogens is 703 g/mol. The molecule has 4 N–H and O–H groups in total. The maximum absolute atomic E-state index is 12.5. The molecule has 0 heterocycles. The van der Waals surface area contributed by atoms with Crippen molar-refractivity contribution in [2.24, 2.45) is 0 Å². The maximum atomic E-state index is 12.5. The first-order valence-electron chi connectivity index (χ1n) is 25.3. The monoisotopic (exact) mass is 802 g/mol.